The van der Waals surface area contributed by atoms with E-state index < -0.39 is 5.97 Å². The molecule has 138 valence electrons. The molecule has 0 saturated carbocycles. The molecular weight excluding hydrogens is 342 g/mol. The summed E-state index contributed by atoms with van der Waals surface area (Å²) in [6, 6.07) is 22.3. The van der Waals surface area contributed by atoms with Crippen LogP contribution in [0.5, 0.6) is 11.5 Å². The summed E-state index contributed by atoms with van der Waals surface area (Å²) in [6.45, 7) is 1.10. The molecule has 0 aliphatic carbocycles. The molecule has 0 saturated heterocycles. The monoisotopic (exact) mass is 363 g/mol. The van der Waals surface area contributed by atoms with Crippen LogP contribution in [-0.4, -0.2) is 18.2 Å². The molecule has 0 amide bonds. The zero-order chi connectivity index (χ0) is 19.1. The Hall–Kier alpha value is -3.47. The summed E-state index contributed by atoms with van der Waals surface area (Å²) in [6.07, 6.45) is 0. The fourth-order valence-corrected chi connectivity index (χ4v) is 2.57. The van der Waals surface area contributed by atoms with Gasteiger partial charge in [-0.3, -0.25) is 0 Å². The lowest BCUT2D eigenvalue weighted by Gasteiger charge is -2.10. The number of hydrogen-bond acceptors (Lipinski definition) is 4. The van der Waals surface area contributed by atoms with Crippen molar-refractivity contribution in [2.45, 2.75) is 13.2 Å². The van der Waals surface area contributed by atoms with E-state index in [-0.39, 0.29) is 5.56 Å². The number of nitrogens with one attached hydrogen (secondary N) is 1. The van der Waals surface area contributed by atoms with E-state index in [9.17, 15) is 4.79 Å². The normalized spacial score (nSPS) is 10.3. The molecular formula is C22H21NO4. The summed E-state index contributed by atoms with van der Waals surface area (Å²) < 4.78 is 11.0. The zero-order valence-electron chi connectivity index (χ0n) is 15.0. The molecule has 0 aliphatic rings. The number of benzene rings is 3. The van der Waals surface area contributed by atoms with Crippen molar-refractivity contribution in [3.05, 3.63) is 89.5 Å². The van der Waals surface area contributed by atoms with Crippen LogP contribution < -0.4 is 14.8 Å². The second-order valence-corrected chi connectivity index (χ2v) is 6.02. The highest BCUT2D eigenvalue weighted by Gasteiger charge is 2.03. The molecule has 5 heteroatoms. The molecule has 0 radical (unpaired) electrons. The van der Waals surface area contributed by atoms with Gasteiger partial charge in [0, 0.05) is 12.2 Å². The number of hydrogen-bond donors (Lipinski definition) is 2. The van der Waals surface area contributed by atoms with E-state index in [1.165, 1.54) is 0 Å². The fraction of sp³-hybridized carbons (Fsp3) is 0.136. The maximum absolute atomic E-state index is 10.9. The molecule has 3 aromatic carbocycles. The number of rotatable bonds is 8. The average Bonchev–Trinajstić information content (AvgIpc) is 2.72. The molecule has 3 rings (SSSR count). The lowest BCUT2D eigenvalue weighted by atomic mass is 10.2. The number of aromatic carboxylic acids is 1. The molecule has 0 aliphatic heterocycles. The summed E-state index contributed by atoms with van der Waals surface area (Å²) in [7, 11) is 1.64. The van der Waals surface area contributed by atoms with Crippen molar-refractivity contribution in [3.63, 3.8) is 0 Å². The Kier molecular flexibility index (Phi) is 5.94. The van der Waals surface area contributed by atoms with Crippen molar-refractivity contribution in [2.75, 3.05) is 12.4 Å². The highest BCUT2D eigenvalue weighted by molar-refractivity contribution is 5.87. The topological polar surface area (TPSA) is 67.8 Å². The molecule has 5 nitrogen and oxygen atoms in total. The summed E-state index contributed by atoms with van der Waals surface area (Å²) in [5.74, 6) is 0.692. The van der Waals surface area contributed by atoms with Gasteiger partial charge in [0.1, 0.15) is 18.1 Å². The maximum Gasteiger partial charge on any atom is 0.335 e. The number of anilines is 1. The van der Waals surface area contributed by atoms with Crippen LogP contribution in [0.25, 0.3) is 0 Å². The first-order chi connectivity index (χ1) is 13.1. The van der Waals surface area contributed by atoms with Gasteiger partial charge in [0.05, 0.1) is 12.7 Å². The maximum atomic E-state index is 10.9. The fourth-order valence-electron chi connectivity index (χ4n) is 2.57. The quantitative estimate of drug-likeness (QED) is 0.613. The summed E-state index contributed by atoms with van der Waals surface area (Å²) >= 11 is 0. The van der Waals surface area contributed by atoms with E-state index in [1.807, 2.05) is 48.5 Å². The molecule has 0 heterocycles. The van der Waals surface area contributed by atoms with Gasteiger partial charge in [0.2, 0.25) is 0 Å². The first kappa shape index (κ1) is 18.3. The molecule has 3 aromatic rings. The standard InChI is InChI=1S/C22H21NO4/c1-26-20-11-5-16(6-12-20)15-27-21-4-2-3-17(13-21)14-23-19-9-7-18(8-10-19)22(24)25/h2-13,23H,14-15H2,1H3,(H,24,25). The van der Waals surface area contributed by atoms with Crippen LogP contribution in [0.15, 0.2) is 72.8 Å². The Morgan fingerprint density at radius 3 is 2.33 bits per heavy atom. The number of methoxy groups -OCH3 is 1. The summed E-state index contributed by atoms with van der Waals surface area (Å²) in [4.78, 5) is 10.9. The SMILES string of the molecule is COc1ccc(COc2cccc(CNc3ccc(C(=O)O)cc3)c2)cc1. The van der Waals surface area contributed by atoms with Gasteiger partial charge in [-0.05, 0) is 59.7 Å². The number of carbonyl (C=O) groups is 1. The molecule has 27 heavy (non-hydrogen) atoms. The van der Waals surface area contributed by atoms with Crippen molar-refractivity contribution >= 4 is 11.7 Å². The molecule has 0 aromatic heterocycles. The van der Waals surface area contributed by atoms with Crippen LogP contribution in [0.1, 0.15) is 21.5 Å². The Bertz CT molecular complexity index is 889. The Balaban J connectivity index is 1.55. The van der Waals surface area contributed by atoms with Crippen LogP contribution in [-0.2, 0) is 13.2 Å². The molecule has 0 fully saturated rings. The van der Waals surface area contributed by atoms with E-state index in [0.29, 0.717) is 13.2 Å². The van der Waals surface area contributed by atoms with E-state index in [4.69, 9.17) is 14.6 Å². The Morgan fingerprint density at radius 1 is 0.926 bits per heavy atom. The van der Waals surface area contributed by atoms with E-state index in [0.717, 1.165) is 28.3 Å². The van der Waals surface area contributed by atoms with Crippen LogP contribution in [0.2, 0.25) is 0 Å². The third-order valence-corrected chi connectivity index (χ3v) is 4.09. The van der Waals surface area contributed by atoms with Crippen LogP contribution in [0.3, 0.4) is 0 Å². The van der Waals surface area contributed by atoms with Gasteiger partial charge in [-0.15, -0.1) is 0 Å². The molecule has 2 N–H and O–H groups in total. The van der Waals surface area contributed by atoms with Crippen molar-refractivity contribution < 1.29 is 19.4 Å². The predicted molar refractivity (Wildman–Crippen MR) is 104 cm³/mol. The van der Waals surface area contributed by atoms with E-state index in [1.54, 1.807) is 31.4 Å². The minimum absolute atomic E-state index is 0.273. The second-order valence-electron chi connectivity index (χ2n) is 6.02. The minimum Gasteiger partial charge on any atom is -0.497 e. The van der Waals surface area contributed by atoms with E-state index in [2.05, 4.69) is 5.32 Å². The van der Waals surface area contributed by atoms with Gasteiger partial charge in [-0.1, -0.05) is 24.3 Å². The second kappa shape index (κ2) is 8.76. The highest BCUT2D eigenvalue weighted by Crippen LogP contribution is 2.18. The number of carboxylic acid groups (broad SMARTS) is 1. The lowest BCUT2D eigenvalue weighted by molar-refractivity contribution is 0.0697. The third-order valence-electron chi connectivity index (χ3n) is 4.09. The molecule has 0 spiro atoms. The minimum atomic E-state index is -0.928. The Morgan fingerprint density at radius 2 is 1.67 bits per heavy atom. The van der Waals surface area contributed by atoms with Gasteiger partial charge >= 0.3 is 5.97 Å². The lowest BCUT2D eigenvalue weighted by Crippen LogP contribution is -2.01. The van der Waals surface area contributed by atoms with Crippen LogP contribution >= 0.6 is 0 Å². The van der Waals surface area contributed by atoms with Gasteiger partial charge in [0.15, 0.2) is 0 Å². The van der Waals surface area contributed by atoms with Crippen molar-refractivity contribution in [1.29, 1.82) is 0 Å². The number of ether oxygens (including phenoxy) is 2. The van der Waals surface area contributed by atoms with Gasteiger partial charge < -0.3 is 19.9 Å². The van der Waals surface area contributed by atoms with Crippen LogP contribution in [0, 0.1) is 0 Å². The van der Waals surface area contributed by atoms with Crippen molar-refractivity contribution in [3.8, 4) is 11.5 Å². The molecule has 0 atom stereocenters. The molecule has 0 bridgehead atoms. The van der Waals surface area contributed by atoms with Gasteiger partial charge in [-0.25, -0.2) is 4.79 Å². The first-order valence-electron chi connectivity index (χ1n) is 8.56. The highest BCUT2D eigenvalue weighted by atomic mass is 16.5. The average molecular weight is 363 g/mol. The van der Waals surface area contributed by atoms with Gasteiger partial charge in [0.25, 0.3) is 0 Å². The first-order valence-corrected chi connectivity index (χ1v) is 8.56. The van der Waals surface area contributed by atoms with E-state index >= 15 is 0 Å². The summed E-state index contributed by atoms with van der Waals surface area (Å²) in [5.41, 5.74) is 3.28. The van der Waals surface area contributed by atoms with Crippen molar-refractivity contribution in [1.82, 2.24) is 0 Å². The smallest absolute Gasteiger partial charge is 0.335 e. The largest absolute Gasteiger partial charge is 0.497 e. The zero-order valence-corrected chi connectivity index (χ0v) is 15.0. The third kappa shape index (κ3) is 5.25. The van der Waals surface area contributed by atoms with Crippen molar-refractivity contribution in [2.24, 2.45) is 0 Å². The Labute approximate surface area is 158 Å². The molecule has 0 unspecified atom stereocenters. The van der Waals surface area contributed by atoms with Crippen LogP contribution in [0.4, 0.5) is 5.69 Å². The number of carboxylic acids is 1. The van der Waals surface area contributed by atoms with Gasteiger partial charge in [-0.2, -0.15) is 0 Å². The predicted octanol–water partition coefficient (Wildman–Crippen LogP) is 4.58. The summed E-state index contributed by atoms with van der Waals surface area (Å²) in [5, 5.41) is 12.2.